The van der Waals surface area contributed by atoms with Crippen molar-refractivity contribution in [3.8, 4) is 11.4 Å². The number of hydrogen-bond donors (Lipinski definition) is 0. The Kier molecular flexibility index (Phi) is 10.4. The molecule has 3 aliphatic carbocycles. The third kappa shape index (κ3) is 6.81. The summed E-state index contributed by atoms with van der Waals surface area (Å²) in [5, 5.41) is 5.12. The molecule has 3 aromatic heterocycles. The molecular formula is C63H54N4. The van der Waals surface area contributed by atoms with Crippen molar-refractivity contribution >= 4 is 79.3 Å². The van der Waals surface area contributed by atoms with Crippen molar-refractivity contribution < 1.29 is 0 Å². The SMILES string of the molecule is C/C=C\C=C/c1cc2c(ccc3c4c(n(-c5ccccc5)c32)C=CCC=C4)n1/C=C/C=C(\C=C/C)c1ccc(-n2c3ccccc3c3ccc4c(c32)C2CCC=CC2N4C2C=CC=CC2)cc1. The fourth-order valence-electron chi connectivity index (χ4n) is 11.5. The van der Waals surface area contributed by atoms with Crippen molar-refractivity contribution in [3.63, 3.8) is 0 Å². The van der Waals surface area contributed by atoms with E-state index in [4.69, 9.17) is 0 Å². The molecule has 4 heterocycles. The number of fused-ring (bicyclic) bond motifs is 12. The van der Waals surface area contributed by atoms with Crippen molar-refractivity contribution in [2.24, 2.45) is 0 Å². The van der Waals surface area contributed by atoms with Crippen LogP contribution >= 0.6 is 0 Å². The molecule has 8 aromatic rings. The van der Waals surface area contributed by atoms with E-state index in [9.17, 15) is 0 Å². The third-order valence-corrected chi connectivity index (χ3v) is 14.3. The second-order valence-electron chi connectivity index (χ2n) is 18.1. The highest BCUT2D eigenvalue weighted by Gasteiger charge is 2.42. The van der Waals surface area contributed by atoms with E-state index >= 15 is 0 Å². The van der Waals surface area contributed by atoms with Gasteiger partial charge in [0.05, 0.1) is 39.8 Å². The lowest BCUT2D eigenvalue weighted by molar-refractivity contribution is 0.524. The van der Waals surface area contributed by atoms with Crippen LogP contribution in [0.15, 0.2) is 200 Å². The van der Waals surface area contributed by atoms with Crippen molar-refractivity contribution in [2.45, 2.75) is 57.5 Å². The Hall–Kier alpha value is -7.82. The van der Waals surface area contributed by atoms with Gasteiger partial charge >= 0.3 is 0 Å². The number of hydrogen-bond acceptors (Lipinski definition) is 1. The minimum atomic E-state index is 0.354. The molecule has 0 radical (unpaired) electrons. The number of benzene rings is 5. The third-order valence-electron chi connectivity index (χ3n) is 14.3. The molecule has 0 saturated carbocycles. The molecule has 0 fully saturated rings. The minimum Gasteiger partial charge on any atom is -0.357 e. The van der Waals surface area contributed by atoms with E-state index in [-0.39, 0.29) is 0 Å². The van der Waals surface area contributed by atoms with Crippen molar-refractivity contribution in [1.29, 1.82) is 0 Å². The van der Waals surface area contributed by atoms with E-state index in [1.54, 1.807) is 0 Å². The van der Waals surface area contributed by atoms with Gasteiger partial charge in [-0.1, -0.05) is 152 Å². The molecule has 5 aromatic carbocycles. The van der Waals surface area contributed by atoms with Gasteiger partial charge in [0.1, 0.15) is 0 Å². The summed E-state index contributed by atoms with van der Waals surface area (Å²) >= 11 is 0. The number of para-hydroxylation sites is 2. The largest absolute Gasteiger partial charge is 0.357 e. The monoisotopic (exact) mass is 866 g/mol. The molecule has 1 aliphatic heterocycles. The lowest BCUT2D eigenvalue weighted by atomic mass is 9.85. The molecule has 12 rings (SSSR count). The fraction of sp³-hybridized carbons (Fsp3) is 0.143. The topological polar surface area (TPSA) is 18.0 Å². The highest BCUT2D eigenvalue weighted by Crippen LogP contribution is 2.52. The maximum atomic E-state index is 2.71. The van der Waals surface area contributed by atoms with Crippen molar-refractivity contribution in [1.82, 2.24) is 13.7 Å². The molecule has 4 aliphatic rings. The first-order valence-electron chi connectivity index (χ1n) is 24.1. The van der Waals surface area contributed by atoms with Crippen LogP contribution in [0.5, 0.6) is 0 Å². The average molecular weight is 867 g/mol. The summed E-state index contributed by atoms with van der Waals surface area (Å²) in [5.41, 5.74) is 16.2. The van der Waals surface area contributed by atoms with Gasteiger partial charge in [-0.05, 0) is 117 Å². The van der Waals surface area contributed by atoms with Crippen LogP contribution < -0.4 is 4.90 Å². The van der Waals surface area contributed by atoms with E-state index in [1.807, 2.05) is 0 Å². The molecule has 0 N–H and O–H groups in total. The van der Waals surface area contributed by atoms with Gasteiger partial charge in [0.15, 0.2) is 0 Å². The molecule has 3 unspecified atom stereocenters. The molecule has 0 spiro atoms. The summed E-state index contributed by atoms with van der Waals surface area (Å²) in [5.74, 6) is 0.447. The molecule has 4 nitrogen and oxygen atoms in total. The van der Waals surface area contributed by atoms with Crippen molar-refractivity contribution in [3.05, 3.63) is 228 Å². The van der Waals surface area contributed by atoms with Gasteiger partial charge in [-0.2, -0.15) is 0 Å². The molecule has 0 saturated heterocycles. The standard InChI is InChI=1S/C63H54N4/c1-3-5-9-27-49-43-55-56(40-38-52-50-28-14-8-15-31-57(50)66(62(52)55)47-25-12-7-13-26-47)64(49)42-20-22-44(21-4-2)45-34-36-48(37-35-45)67-58-32-18-16-29-51(58)53-39-41-60-61(63(53)67)54-30-17-19-33-59(54)65(60)46-23-10-6-11-24-46/h3-7,9-16,18-23,25-29,31-43,46,54,59H,8,17,24,30H2,1-2H3/b5-3-,21-4-,27-9-,42-20+,44-22+. The van der Waals surface area contributed by atoms with Gasteiger partial charge in [-0.3, -0.25) is 0 Å². The van der Waals surface area contributed by atoms with Crippen LogP contribution in [0.2, 0.25) is 0 Å². The summed E-state index contributed by atoms with van der Waals surface area (Å²) < 4.78 is 7.33. The number of allylic oxidation sites excluding steroid dienone is 13. The zero-order valence-corrected chi connectivity index (χ0v) is 38.2. The molecule has 4 heteroatoms. The van der Waals surface area contributed by atoms with Crippen LogP contribution in [-0.4, -0.2) is 25.8 Å². The summed E-state index contributed by atoms with van der Waals surface area (Å²) in [4.78, 5) is 2.71. The Morgan fingerprint density at radius 1 is 0.642 bits per heavy atom. The first-order valence-corrected chi connectivity index (χ1v) is 24.1. The van der Waals surface area contributed by atoms with Crippen LogP contribution in [0.3, 0.4) is 0 Å². The van der Waals surface area contributed by atoms with E-state index < -0.39 is 0 Å². The van der Waals surface area contributed by atoms with E-state index in [1.165, 1.54) is 71.9 Å². The van der Waals surface area contributed by atoms with Crippen LogP contribution in [0.25, 0.3) is 85.0 Å². The summed E-state index contributed by atoms with van der Waals surface area (Å²) in [6.45, 7) is 4.16. The number of anilines is 1. The van der Waals surface area contributed by atoms with Gasteiger partial charge in [0, 0.05) is 67.5 Å². The minimum absolute atomic E-state index is 0.354. The first-order chi connectivity index (χ1) is 33.2. The summed E-state index contributed by atoms with van der Waals surface area (Å²) in [6, 6.07) is 41.5. The van der Waals surface area contributed by atoms with E-state index in [0.29, 0.717) is 18.0 Å². The van der Waals surface area contributed by atoms with Gasteiger partial charge in [-0.15, -0.1) is 0 Å². The predicted molar refractivity (Wildman–Crippen MR) is 288 cm³/mol. The lowest BCUT2D eigenvalue weighted by Gasteiger charge is -2.36. The molecule has 0 amide bonds. The zero-order valence-electron chi connectivity index (χ0n) is 38.2. The second kappa shape index (κ2) is 17.2. The van der Waals surface area contributed by atoms with Gasteiger partial charge in [-0.25, -0.2) is 0 Å². The summed E-state index contributed by atoms with van der Waals surface area (Å²) in [6.07, 6.45) is 46.9. The predicted octanol–water partition coefficient (Wildman–Crippen LogP) is 16.3. The normalized spacial score (nSPS) is 19.2. The Balaban J connectivity index is 0.953. The number of rotatable bonds is 9. The Morgan fingerprint density at radius 3 is 2.33 bits per heavy atom. The van der Waals surface area contributed by atoms with Crippen LogP contribution in [0.4, 0.5) is 5.69 Å². The molecule has 0 bridgehead atoms. The van der Waals surface area contributed by atoms with E-state index in [0.717, 1.165) is 48.2 Å². The van der Waals surface area contributed by atoms with Crippen molar-refractivity contribution in [2.75, 3.05) is 4.90 Å². The second-order valence-corrected chi connectivity index (χ2v) is 18.1. The zero-order chi connectivity index (χ0) is 44.8. The molecule has 67 heavy (non-hydrogen) atoms. The van der Waals surface area contributed by atoms with Gasteiger partial charge in [0.2, 0.25) is 0 Å². The van der Waals surface area contributed by atoms with Crippen LogP contribution in [0.1, 0.15) is 73.5 Å². The first kappa shape index (κ1) is 40.7. The highest BCUT2D eigenvalue weighted by atomic mass is 15.2. The van der Waals surface area contributed by atoms with Gasteiger partial charge < -0.3 is 18.6 Å². The Morgan fingerprint density at radius 2 is 1.48 bits per heavy atom. The van der Waals surface area contributed by atoms with Crippen LogP contribution in [-0.2, 0) is 0 Å². The van der Waals surface area contributed by atoms with Crippen LogP contribution in [0, 0.1) is 0 Å². The highest BCUT2D eigenvalue weighted by molar-refractivity contribution is 6.13. The molecule has 326 valence electrons. The lowest BCUT2D eigenvalue weighted by Crippen LogP contribution is -2.41. The maximum Gasteiger partial charge on any atom is 0.0635 e. The van der Waals surface area contributed by atoms with E-state index in [2.05, 4.69) is 257 Å². The number of aromatic nitrogens is 3. The number of nitrogens with zero attached hydrogens (tertiary/aromatic N) is 4. The summed E-state index contributed by atoms with van der Waals surface area (Å²) in [7, 11) is 0. The quantitative estimate of drug-likeness (QED) is 0.104. The Labute approximate surface area is 393 Å². The maximum absolute atomic E-state index is 2.71. The van der Waals surface area contributed by atoms with Gasteiger partial charge in [0.25, 0.3) is 0 Å². The smallest absolute Gasteiger partial charge is 0.0635 e. The fourth-order valence-corrected chi connectivity index (χ4v) is 11.5. The average Bonchev–Trinajstić information content (AvgIpc) is 4.05. The molecule has 3 atom stereocenters. The Bertz CT molecular complexity index is 3540. The molecular weight excluding hydrogens is 813 g/mol.